The van der Waals surface area contributed by atoms with Gasteiger partial charge in [-0.15, -0.1) is 0 Å². The van der Waals surface area contributed by atoms with Gasteiger partial charge in [0.25, 0.3) is 5.69 Å². The quantitative estimate of drug-likeness (QED) is 0.275. The van der Waals surface area contributed by atoms with Crippen molar-refractivity contribution >= 4 is 22.7 Å². The number of aryl methyl sites for hydroxylation is 1. The molecule has 0 N–H and O–H groups in total. The largest absolute Gasteiger partial charge is 0.366 e. The summed E-state index contributed by atoms with van der Waals surface area (Å²) in [6.45, 7) is 14.9. The van der Waals surface area contributed by atoms with Crippen molar-refractivity contribution in [3.63, 3.8) is 0 Å². The first-order valence-corrected chi connectivity index (χ1v) is 11.1. The van der Waals surface area contributed by atoms with Crippen LogP contribution in [0.2, 0.25) is 0 Å². The Morgan fingerprint density at radius 3 is 2.32 bits per heavy atom. The summed E-state index contributed by atoms with van der Waals surface area (Å²) in [7, 11) is 0. The molecule has 3 fully saturated rings. The molecule has 0 amide bonds. The molecule has 164 valence electrons. The number of rotatable bonds is 8. The van der Waals surface area contributed by atoms with Crippen LogP contribution in [0.15, 0.2) is 52.7 Å². The van der Waals surface area contributed by atoms with Gasteiger partial charge < -0.3 is 9.38 Å². The number of non-ortho nitro benzene ring substituents is 1. The van der Waals surface area contributed by atoms with Gasteiger partial charge in [-0.2, -0.15) is 10.2 Å². The highest BCUT2D eigenvalue weighted by atomic mass is 16.6. The number of benzene rings is 2. The van der Waals surface area contributed by atoms with Gasteiger partial charge in [0.2, 0.25) is 0 Å². The summed E-state index contributed by atoms with van der Waals surface area (Å²) in [5.74, 6) is 0. The zero-order chi connectivity index (χ0) is 21.8. The monoisotopic (exact) mass is 423 g/mol. The maximum absolute atomic E-state index is 10.9. The van der Waals surface area contributed by atoms with Gasteiger partial charge in [-0.05, 0) is 49.7 Å². The number of hydrogen-bond acceptors (Lipinski definition) is 6. The molecule has 31 heavy (non-hydrogen) atoms. The molecule has 0 aromatic heterocycles. The van der Waals surface area contributed by atoms with E-state index in [4.69, 9.17) is 0 Å². The molecular weight excluding hydrogens is 392 g/mol. The Kier molecular flexibility index (Phi) is 6.29. The van der Waals surface area contributed by atoms with Crippen LogP contribution in [0.5, 0.6) is 0 Å². The van der Waals surface area contributed by atoms with Crippen LogP contribution in [0.4, 0.5) is 22.7 Å². The van der Waals surface area contributed by atoms with E-state index in [0.29, 0.717) is 5.69 Å². The Morgan fingerprint density at radius 2 is 1.74 bits per heavy atom. The Hall–Kier alpha value is -2.84. The summed E-state index contributed by atoms with van der Waals surface area (Å²) in [5, 5.41) is 19.5. The van der Waals surface area contributed by atoms with Gasteiger partial charge in [-0.25, -0.2) is 0 Å². The third-order valence-corrected chi connectivity index (χ3v) is 6.78. The van der Waals surface area contributed by atoms with Crippen LogP contribution < -0.4 is 4.90 Å². The zero-order valence-corrected chi connectivity index (χ0v) is 18.4. The Morgan fingerprint density at radius 1 is 1.06 bits per heavy atom. The minimum Gasteiger partial charge on any atom is -0.366 e. The van der Waals surface area contributed by atoms with Gasteiger partial charge in [0, 0.05) is 44.0 Å². The number of nitrogens with zero attached hydrogens (tertiary/aromatic N) is 6. The molecule has 8 nitrogen and oxygen atoms in total. The third kappa shape index (κ3) is 4.91. The summed E-state index contributed by atoms with van der Waals surface area (Å²) in [4.78, 5) is 15.5. The molecule has 3 heterocycles. The molecule has 0 spiro atoms. The molecule has 5 rings (SSSR count). The van der Waals surface area contributed by atoms with Gasteiger partial charge in [-0.3, -0.25) is 15.0 Å². The van der Waals surface area contributed by atoms with Crippen LogP contribution in [0.1, 0.15) is 12.5 Å². The lowest BCUT2D eigenvalue weighted by Crippen LogP contribution is -2.68. The van der Waals surface area contributed by atoms with Crippen molar-refractivity contribution in [2.24, 2.45) is 10.2 Å². The number of fused-ring (bicyclic) bond motifs is 3. The van der Waals surface area contributed by atoms with Crippen molar-refractivity contribution in [3.8, 4) is 0 Å². The van der Waals surface area contributed by atoms with Crippen LogP contribution in [0, 0.1) is 17.0 Å². The highest BCUT2D eigenvalue weighted by Gasteiger charge is 2.38. The number of anilines is 1. The summed E-state index contributed by atoms with van der Waals surface area (Å²) in [5.41, 5.74) is 3.42. The van der Waals surface area contributed by atoms with Crippen LogP contribution in [-0.4, -0.2) is 73.2 Å². The minimum absolute atomic E-state index is 0.0670. The number of azo groups is 1. The molecule has 2 aromatic rings. The minimum atomic E-state index is -0.401. The van der Waals surface area contributed by atoms with Gasteiger partial charge >= 0.3 is 0 Å². The Labute approximate surface area is 183 Å². The highest BCUT2D eigenvalue weighted by molar-refractivity contribution is 5.54. The molecular formula is C23H31N6O2+. The predicted molar refractivity (Wildman–Crippen MR) is 123 cm³/mol. The van der Waals surface area contributed by atoms with E-state index >= 15 is 0 Å². The number of nitro benzene ring substituents is 1. The molecule has 0 radical (unpaired) electrons. The maximum Gasteiger partial charge on any atom is 0.269 e. The van der Waals surface area contributed by atoms with Crippen LogP contribution in [-0.2, 0) is 0 Å². The van der Waals surface area contributed by atoms with E-state index in [9.17, 15) is 10.1 Å². The molecule has 8 heteroatoms. The lowest BCUT2D eigenvalue weighted by atomic mass is 10.1. The number of likely N-dealkylation sites (N-methyl/N-ethyl adjacent to an activating group) is 1. The molecule has 0 atom stereocenters. The van der Waals surface area contributed by atoms with E-state index in [1.807, 2.05) is 12.1 Å². The lowest BCUT2D eigenvalue weighted by molar-refractivity contribution is -0.939. The zero-order valence-electron chi connectivity index (χ0n) is 18.4. The fourth-order valence-corrected chi connectivity index (χ4v) is 4.58. The average Bonchev–Trinajstić information content (AvgIpc) is 2.80. The number of hydrogen-bond donors (Lipinski definition) is 0. The molecule has 3 saturated heterocycles. The van der Waals surface area contributed by atoms with Crippen LogP contribution in [0.3, 0.4) is 0 Å². The van der Waals surface area contributed by atoms with Crippen molar-refractivity contribution in [2.45, 2.75) is 13.8 Å². The van der Waals surface area contributed by atoms with Crippen LogP contribution in [0.25, 0.3) is 0 Å². The van der Waals surface area contributed by atoms with E-state index < -0.39 is 4.92 Å². The molecule has 0 aliphatic carbocycles. The average molecular weight is 424 g/mol. The fraction of sp³-hybridized carbons (Fsp3) is 0.478. The summed E-state index contributed by atoms with van der Waals surface area (Å²) in [6.07, 6.45) is 0. The van der Waals surface area contributed by atoms with Gasteiger partial charge in [0.1, 0.15) is 0 Å². The van der Waals surface area contributed by atoms with Gasteiger partial charge in [-0.1, -0.05) is 0 Å². The molecule has 0 saturated carbocycles. The topological polar surface area (TPSA) is 74.3 Å². The second-order valence-corrected chi connectivity index (χ2v) is 8.60. The first-order valence-electron chi connectivity index (χ1n) is 11.1. The first kappa shape index (κ1) is 21.4. The van der Waals surface area contributed by atoms with E-state index in [1.165, 1.54) is 68.1 Å². The van der Waals surface area contributed by atoms with Gasteiger partial charge in [0.05, 0.1) is 49.0 Å². The molecule has 3 aliphatic rings. The first-order chi connectivity index (χ1) is 15.0. The van der Waals surface area contributed by atoms with Crippen molar-refractivity contribution in [1.29, 1.82) is 0 Å². The smallest absolute Gasteiger partial charge is 0.269 e. The summed E-state index contributed by atoms with van der Waals surface area (Å²) >= 11 is 0. The molecule has 3 aliphatic heterocycles. The third-order valence-electron chi connectivity index (χ3n) is 6.78. The van der Waals surface area contributed by atoms with E-state index in [-0.39, 0.29) is 5.69 Å². The van der Waals surface area contributed by atoms with Gasteiger partial charge in [0.15, 0.2) is 0 Å². The van der Waals surface area contributed by atoms with E-state index in [2.05, 4.69) is 39.1 Å². The molecule has 0 unspecified atom stereocenters. The predicted octanol–water partition coefficient (Wildman–Crippen LogP) is 4.29. The molecule has 2 bridgehead atoms. The van der Waals surface area contributed by atoms with Crippen molar-refractivity contribution in [1.82, 2.24) is 4.90 Å². The second-order valence-electron chi connectivity index (χ2n) is 8.60. The van der Waals surface area contributed by atoms with Crippen molar-refractivity contribution < 1.29 is 9.41 Å². The Balaban J connectivity index is 1.38. The number of nitro groups is 1. The normalized spacial score (nSPS) is 22.7. The fourth-order valence-electron chi connectivity index (χ4n) is 4.58. The molecule has 2 aromatic carbocycles. The lowest BCUT2D eigenvalue weighted by Gasteiger charge is -2.51. The Bertz CT molecular complexity index is 937. The number of quaternary nitrogens is 1. The van der Waals surface area contributed by atoms with E-state index in [0.717, 1.165) is 24.3 Å². The second kappa shape index (κ2) is 9.11. The maximum atomic E-state index is 10.9. The van der Waals surface area contributed by atoms with E-state index in [1.54, 1.807) is 13.0 Å². The summed E-state index contributed by atoms with van der Waals surface area (Å²) < 4.78 is 1.27. The van der Waals surface area contributed by atoms with Crippen molar-refractivity contribution in [2.75, 3.05) is 63.8 Å². The standard InChI is InChI=1S/C23H31N6O2/c1-3-27(13-17-29-14-10-26(11-15-29)12-16-29)21-6-4-20(5-7-21)24-25-23-9-8-22(28(30)31)18-19(23)2/h4-9,18H,3,10-17H2,1-2H3/q+1/b25-24+. The SMILES string of the molecule is CCN(CC[N+]12CCN(CC1)CC2)c1ccc(/N=N/c2ccc([N+](=O)[O-])cc2C)cc1. The number of piperazine rings is 3. The highest BCUT2D eigenvalue weighted by Crippen LogP contribution is 2.27. The van der Waals surface area contributed by atoms with Crippen molar-refractivity contribution in [3.05, 3.63) is 58.1 Å². The summed E-state index contributed by atoms with van der Waals surface area (Å²) in [6, 6.07) is 12.8. The van der Waals surface area contributed by atoms with Crippen LogP contribution >= 0.6 is 0 Å².